The molecule has 0 aliphatic rings. The van der Waals surface area contributed by atoms with Gasteiger partial charge in [0.15, 0.2) is 0 Å². The first-order chi connectivity index (χ1) is 15.8. The predicted molar refractivity (Wildman–Crippen MR) is 130 cm³/mol. The number of nitrogens with one attached hydrogen (secondary N) is 1. The molecule has 0 fully saturated rings. The lowest BCUT2D eigenvalue weighted by atomic mass is 10.1. The van der Waals surface area contributed by atoms with Gasteiger partial charge < -0.3 is 23.9 Å². The second-order valence-corrected chi connectivity index (χ2v) is 8.55. The lowest BCUT2D eigenvalue weighted by Gasteiger charge is -2.14. The maximum Gasteiger partial charge on any atom is 0.275 e. The molecule has 0 saturated heterocycles. The van der Waals surface area contributed by atoms with Crippen molar-refractivity contribution in [1.82, 2.24) is 14.5 Å². The number of carbonyl (C=O) groups excluding carboxylic acids is 1. The molecule has 0 saturated carbocycles. The highest BCUT2D eigenvalue weighted by molar-refractivity contribution is 6.17. The van der Waals surface area contributed by atoms with E-state index in [1.165, 1.54) is 0 Å². The molecule has 0 bridgehead atoms. The molecule has 0 aliphatic carbocycles. The molecule has 33 heavy (non-hydrogen) atoms. The Morgan fingerprint density at radius 2 is 1.85 bits per heavy atom. The minimum atomic E-state index is -0.251. The summed E-state index contributed by atoms with van der Waals surface area (Å²) in [6.07, 6.45) is 1.69. The highest BCUT2D eigenvalue weighted by atomic mass is 16.5. The fraction of sp³-hybridized carbons (Fsp3) is 0.308. The average Bonchev–Trinajstić information content (AvgIpc) is 3.11. The van der Waals surface area contributed by atoms with Crippen LogP contribution in [0.3, 0.4) is 0 Å². The molecule has 1 N–H and O–H groups in total. The fourth-order valence-corrected chi connectivity index (χ4v) is 4.32. The second kappa shape index (κ2) is 9.02. The third-order valence-electron chi connectivity index (χ3n) is 5.86. The van der Waals surface area contributed by atoms with Crippen LogP contribution in [0.5, 0.6) is 11.5 Å². The van der Waals surface area contributed by atoms with E-state index in [0.717, 1.165) is 16.5 Å². The van der Waals surface area contributed by atoms with Crippen LogP contribution in [0.1, 0.15) is 29.8 Å². The Balaban J connectivity index is 1.83. The van der Waals surface area contributed by atoms with E-state index in [1.54, 1.807) is 25.0 Å². The molecule has 4 rings (SSSR count). The van der Waals surface area contributed by atoms with E-state index in [9.17, 15) is 9.59 Å². The van der Waals surface area contributed by atoms with Crippen molar-refractivity contribution in [1.29, 1.82) is 0 Å². The van der Waals surface area contributed by atoms with Crippen molar-refractivity contribution in [2.45, 2.75) is 26.9 Å². The Labute approximate surface area is 192 Å². The number of fused-ring (bicyclic) bond motifs is 3. The average molecular weight is 448 g/mol. The highest BCUT2D eigenvalue weighted by Gasteiger charge is 2.21. The third kappa shape index (κ3) is 4.06. The minimum Gasteiger partial charge on any atom is -0.497 e. The number of benzene rings is 2. The largest absolute Gasteiger partial charge is 0.497 e. The zero-order valence-electron chi connectivity index (χ0n) is 19.6. The highest BCUT2D eigenvalue weighted by Crippen LogP contribution is 2.29. The molecule has 0 radical (unpaired) electrons. The van der Waals surface area contributed by atoms with Crippen LogP contribution in [-0.2, 0) is 20.1 Å². The Kier molecular flexibility index (Phi) is 6.14. The SMILES string of the molecule is COc1ccc(OC)c(CNC(=O)c2cn(CC(C)C)c(=O)c3c2c2ccccc2n3C)c1. The van der Waals surface area contributed by atoms with Crippen molar-refractivity contribution in [3.8, 4) is 11.5 Å². The van der Waals surface area contributed by atoms with Gasteiger partial charge in [0, 0.05) is 48.2 Å². The maximum absolute atomic E-state index is 13.5. The first-order valence-corrected chi connectivity index (χ1v) is 10.9. The van der Waals surface area contributed by atoms with Crippen molar-refractivity contribution < 1.29 is 14.3 Å². The lowest BCUT2D eigenvalue weighted by molar-refractivity contribution is 0.0951. The zero-order valence-corrected chi connectivity index (χ0v) is 19.6. The first-order valence-electron chi connectivity index (χ1n) is 10.9. The number of amides is 1. The van der Waals surface area contributed by atoms with Crippen LogP contribution in [0.4, 0.5) is 0 Å². The van der Waals surface area contributed by atoms with Crippen LogP contribution < -0.4 is 20.3 Å². The molecular formula is C26H29N3O4. The first kappa shape index (κ1) is 22.5. The van der Waals surface area contributed by atoms with Gasteiger partial charge in [-0.1, -0.05) is 32.0 Å². The molecule has 0 spiro atoms. The summed E-state index contributed by atoms with van der Waals surface area (Å²) in [4.78, 5) is 26.8. The van der Waals surface area contributed by atoms with Crippen molar-refractivity contribution in [3.05, 3.63) is 70.1 Å². The summed E-state index contributed by atoms with van der Waals surface area (Å²) in [6.45, 7) is 4.88. The normalized spacial score (nSPS) is 11.3. The number of para-hydroxylation sites is 1. The Morgan fingerprint density at radius 3 is 2.55 bits per heavy atom. The molecule has 4 aromatic rings. The van der Waals surface area contributed by atoms with Gasteiger partial charge in [0.2, 0.25) is 0 Å². The van der Waals surface area contributed by atoms with Crippen molar-refractivity contribution >= 4 is 27.7 Å². The number of carbonyl (C=O) groups is 1. The molecular weight excluding hydrogens is 418 g/mol. The summed E-state index contributed by atoms with van der Waals surface area (Å²) in [7, 11) is 5.06. The molecule has 2 aromatic carbocycles. The molecule has 7 heteroatoms. The molecule has 0 atom stereocenters. The van der Waals surface area contributed by atoms with Crippen molar-refractivity contribution in [2.75, 3.05) is 14.2 Å². The Bertz CT molecular complexity index is 1400. The monoisotopic (exact) mass is 447 g/mol. The van der Waals surface area contributed by atoms with E-state index in [1.807, 2.05) is 67.9 Å². The second-order valence-electron chi connectivity index (χ2n) is 8.55. The topological polar surface area (TPSA) is 74.5 Å². The number of hydrogen-bond donors (Lipinski definition) is 1. The fourth-order valence-electron chi connectivity index (χ4n) is 4.32. The number of aryl methyl sites for hydroxylation is 1. The van der Waals surface area contributed by atoms with Crippen LogP contribution in [0, 0.1) is 5.92 Å². The molecule has 0 aliphatic heterocycles. The van der Waals surface area contributed by atoms with Gasteiger partial charge in [-0.15, -0.1) is 0 Å². The summed E-state index contributed by atoms with van der Waals surface area (Å²) in [6, 6.07) is 13.2. The van der Waals surface area contributed by atoms with Crippen molar-refractivity contribution in [3.63, 3.8) is 0 Å². The molecule has 2 heterocycles. The number of ether oxygens (including phenoxy) is 2. The van der Waals surface area contributed by atoms with E-state index in [0.29, 0.717) is 34.5 Å². The molecule has 172 valence electrons. The standard InChI is InChI=1S/C26H29N3O4/c1-16(2)14-29-15-20(23-19-8-6-7-9-21(19)28(3)24(23)26(29)31)25(30)27-13-17-12-18(32-4)10-11-22(17)33-5/h6-12,15-16H,13-14H2,1-5H3,(H,27,30). The van der Waals surface area contributed by atoms with E-state index in [4.69, 9.17) is 9.47 Å². The van der Waals surface area contributed by atoms with Crippen molar-refractivity contribution in [2.24, 2.45) is 13.0 Å². The van der Waals surface area contributed by atoms with Gasteiger partial charge in [-0.3, -0.25) is 9.59 Å². The summed E-state index contributed by atoms with van der Waals surface area (Å²) >= 11 is 0. The minimum absolute atomic E-state index is 0.0941. The number of rotatable bonds is 7. The van der Waals surface area contributed by atoms with Crippen LogP contribution in [-0.4, -0.2) is 29.3 Å². The smallest absolute Gasteiger partial charge is 0.275 e. The van der Waals surface area contributed by atoms with E-state index >= 15 is 0 Å². The van der Waals surface area contributed by atoms with Crippen LogP contribution >= 0.6 is 0 Å². The zero-order chi connectivity index (χ0) is 23.7. The number of nitrogens with zero attached hydrogens (tertiary/aromatic N) is 2. The number of methoxy groups -OCH3 is 2. The van der Waals surface area contributed by atoms with Crippen LogP contribution in [0.15, 0.2) is 53.5 Å². The van der Waals surface area contributed by atoms with Gasteiger partial charge in [-0.25, -0.2) is 0 Å². The summed E-state index contributed by atoms with van der Waals surface area (Å²) in [5.41, 5.74) is 2.63. The molecule has 0 unspecified atom stereocenters. The van der Waals surface area contributed by atoms with Crippen LogP contribution in [0.2, 0.25) is 0 Å². The van der Waals surface area contributed by atoms with E-state index in [2.05, 4.69) is 5.32 Å². The molecule has 1 amide bonds. The number of aromatic nitrogens is 2. The van der Waals surface area contributed by atoms with E-state index < -0.39 is 0 Å². The number of pyridine rings is 1. The summed E-state index contributed by atoms with van der Waals surface area (Å²) in [5, 5.41) is 4.56. The summed E-state index contributed by atoms with van der Waals surface area (Å²) < 4.78 is 14.3. The van der Waals surface area contributed by atoms with E-state index in [-0.39, 0.29) is 23.9 Å². The lowest BCUT2D eigenvalue weighted by Crippen LogP contribution is -2.29. The maximum atomic E-state index is 13.5. The van der Waals surface area contributed by atoms with Gasteiger partial charge in [-0.2, -0.15) is 0 Å². The Morgan fingerprint density at radius 1 is 1.09 bits per heavy atom. The third-order valence-corrected chi connectivity index (χ3v) is 5.86. The quantitative estimate of drug-likeness (QED) is 0.463. The van der Waals surface area contributed by atoms with Gasteiger partial charge in [0.25, 0.3) is 11.5 Å². The van der Waals surface area contributed by atoms with Gasteiger partial charge >= 0.3 is 0 Å². The summed E-state index contributed by atoms with van der Waals surface area (Å²) in [5.74, 6) is 1.35. The molecule has 2 aromatic heterocycles. The van der Waals surface area contributed by atoms with Gasteiger partial charge in [-0.05, 0) is 30.2 Å². The van der Waals surface area contributed by atoms with Gasteiger partial charge in [0.1, 0.15) is 17.0 Å². The molecule has 7 nitrogen and oxygen atoms in total. The number of hydrogen-bond acceptors (Lipinski definition) is 4. The Hall–Kier alpha value is -3.74. The van der Waals surface area contributed by atoms with Crippen LogP contribution in [0.25, 0.3) is 21.8 Å². The van der Waals surface area contributed by atoms with Gasteiger partial charge in [0.05, 0.1) is 19.8 Å². The predicted octanol–water partition coefficient (Wildman–Crippen LogP) is 4.10.